The largest absolute Gasteiger partial charge is 0.469 e. The van der Waals surface area contributed by atoms with Gasteiger partial charge in [-0.25, -0.2) is 0 Å². The van der Waals surface area contributed by atoms with Gasteiger partial charge in [0.2, 0.25) is 5.91 Å². The Morgan fingerprint density at radius 2 is 1.63 bits per heavy atom. The molecule has 0 atom stereocenters. The van der Waals surface area contributed by atoms with Crippen LogP contribution in [0, 0.1) is 6.92 Å². The van der Waals surface area contributed by atoms with Gasteiger partial charge in [0.05, 0.1) is 13.5 Å². The average molecular weight is 374 g/mol. The van der Waals surface area contributed by atoms with Crippen molar-refractivity contribution in [2.75, 3.05) is 13.7 Å². The summed E-state index contributed by atoms with van der Waals surface area (Å²) < 4.78 is 4.78. The van der Waals surface area contributed by atoms with E-state index in [1.807, 2.05) is 4.90 Å². The highest BCUT2D eigenvalue weighted by molar-refractivity contribution is 5.77. The van der Waals surface area contributed by atoms with E-state index < -0.39 is 0 Å². The Bertz CT molecular complexity index is 574. The van der Waals surface area contributed by atoms with Gasteiger partial charge in [-0.2, -0.15) is 0 Å². The molecule has 1 saturated carbocycles. The molecule has 0 aromatic heterocycles. The third-order valence-corrected chi connectivity index (χ3v) is 5.60. The summed E-state index contributed by atoms with van der Waals surface area (Å²) in [6.45, 7) is 2.57. The zero-order valence-electron chi connectivity index (χ0n) is 17.0. The molecule has 1 aromatic carbocycles. The van der Waals surface area contributed by atoms with Crippen LogP contribution < -0.4 is 0 Å². The Balaban J connectivity index is 1.91. The summed E-state index contributed by atoms with van der Waals surface area (Å²) in [5.74, 6) is -0.0464. The van der Waals surface area contributed by atoms with Crippen molar-refractivity contribution in [3.05, 3.63) is 35.4 Å². The number of rotatable bonds is 8. The molecule has 1 fully saturated rings. The number of ether oxygens (including phenoxy) is 1. The minimum Gasteiger partial charge on any atom is -0.469 e. The fourth-order valence-corrected chi connectivity index (χ4v) is 3.91. The van der Waals surface area contributed by atoms with Crippen molar-refractivity contribution in [2.24, 2.45) is 0 Å². The van der Waals surface area contributed by atoms with E-state index in [1.54, 1.807) is 0 Å². The molecule has 0 heterocycles. The van der Waals surface area contributed by atoms with Gasteiger partial charge in [-0.15, -0.1) is 0 Å². The summed E-state index contributed by atoms with van der Waals surface area (Å²) >= 11 is 0. The quantitative estimate of drug-likeness (QED) is 0.614. The number of methoxy groups -OCH3 is 1. The summed E-state index contributed by atoms with van der Waals surface area (Å²) in [6, 6.07) is 8.80. The predicted octanol–water partition coefficient (Wildman–Crippen LogP) is 4.82. The minimum absolute atomic E-state index is 0.191. The highest BCUT2D eigenvalue weighted by Crippen LogP contribution is 2.23. The van der Waals surface area contributed by atoms with Gasteiger partial charge in [0.25, 0.3) is 0 Å². The second-order valence-electron chi connectivity index (χ2n) is 7.75. The van der Waals surface area contributed by atoms with Crippen LogP contribution in [0.2, 0.25) is 0 Å². The summed E-state index contributed by atoms with van der Waals surface area (Å²) in [5, 5.41) is 0. The van der Waals surface area contributed by atoms with Crippen LogP contribution in [0.15, 0.2) is 24.3 Å². The van der Waals surface area contributed by atoms with Gasteiger partial charge in [-0.05, 0) is 38.2 Å². The Morgan fingerprint density at radius 1 is 1.00 bits per heavy atom. The number of aryl methyl sites for hydroxylation is 2. The molecule has 0 saturated heterocycles. The Labute approximate surface area is 164 Å². The molecule has 1 aromatic rings. The fourth-order valence-electron chi connectivity index (χ4n) is 3.91. The second kappa shape index (κ2) is 11.8. The van der Waals surface area contributed by atoms with Gasteiger partial charge in [0.1, 0.15) is 0 Å². The van der Waals surface area contributed by atoms with Crippen LogP contribution in [0.5, 0.6) is 0 Å². The molecule has 150 valence electrons. The summed E-state index contributed by atoms with van der Waals surface area (Å²) in [5.41, 5.74) is 2.54. The van der Waals surface area contributed by atoms with Crippen LogP contribution in [0.1, 0.15) is 75.3 Å². The molecule has 0 bridgehead atoms. The SMILES string of the molecule is COC(=O)CCN(C(=O)CCCc1ccc(C)cc1)C1CCCCCCC1. The van der Waals surface area contributed by atoms with Crippen LogP contribution in [-0.4, -0.2) is 36.5 Å². The topological polar surface area (TPSA) is 46.6 Å². The second-order valence-corrected chi connectivity index (χ2v) is 7.75. The molecule has 0 spiro atoms. The van der Waals surface area contributed by atoms with Gasteiger partial charge in [0.15, 0.2) is 0 Å². The van der Waals surface area contributed by atoms with Crippen LogP contribution >= 0.6 is 0 Å². The third-order valence-electron chi connectivity index (χ3n) is 5.60. The minimum atomic E-state index is -0.238. The Kier molecular flexibility index (Phi) is 9.37. The monoisotopic (exact) mass is 373 g/mol. The molecule has 4 nitrogen and oxygen atoms in total. The first-order valence-electron chi connectivity index (χ1n) is 10.5. The van der Waals surface area contributed by atoms with Crippen molar-refractivity contribution in [3.63, 3.8) is 0 Å². The molecule has 0 aliphatic heterocycles. The van der Waals surface area contributed by atoms with Gasteiger partial charge < -0.3 is 9.64 Å². The maximum absolute atomic E-state index is 13.0. The molecule has 0 unspecified atom stereocenters. The average Bonchev–Trinajstić information content (AvgIpc) is 2.64. The highest BCUT2D eigenvalue weighted by Gasteiger charge is 2.24. The van der Waals surface area contributed by atoms with Crippen molar-refractivity contribution >= 4 is 11.9 Å². The van der Waals surface area contributed by atoms with Crippen molar-refractivity contribution in [3.8, 4) is 0 Å². The van der Waals surface area contributed by atoms with E-state index in [0.29, 0.717) is 13.0 Å². The van der Waals surface area contributed by atoms with E-state index in [4.69, 9.17) is 4.74 Å². The molecule has 27 heavy (non-hydrogen) atoms. The predicted molar refractivity (Wildman–Crippen MR) is 109 cm³/mol. The molecule has 1 aliphatic carbocycles. The van der Waals surface area contributed by atoms with E-state index >= 15 is 0 Å². The standard InChI is InChI=1S/C23H35NO3/c1-19-13-15-20(16-14-19)9-8-12-22(25)24(18-17-23(26)27-2)21-10-6-4-3-5-7-11-21/h13-16,21H,3-12,17-18H2,1-2H3. The molecule has 1 amide bonds. The van der Waals surface area contributed by atoms with Crippen LogP contribution in [-0.2, 0) is 20.7 Å². The van der Waals surface area contributed by atoms with E-state index in [1.165, 1.54) is 50.3 Å². The summed E-state index contributed by atoms with van der Waals surface area (Å²) in [6.07, 6.45) is 10.9. The van der Waals surface area contributed by atoms with Crippen LogP contribution in [0.4, 0.5) is 0 Å². The zero-order valence-corrected chi connectivity index (χ0v) is 17.0. The number of amides is 1. The smallest absolute Gasteiger partial charge is 0.307 e. The number of carbonyl (C=O) groups excluding carboxylic acids is 2. The fraction of sp³-hybridized carbons (Fsp3) is 0.652. The number of benzene rings is 1. The number of nitrogens with zero attached hydrogens (tertiary/aromatic N) is 1. The lowest BCUT2D eigenvalue weighted by atomic mass is 9.95. The molecule has 1 aliphatic rings. The van der Waals surface area contributed by atoms with Gasteiger partial charge in [-0.1, -0.05) is 61.9 Å². The Morgan fingerprint density at radius 3 is 2.26 bits per heavy atom. The van der Waals surface area contributed by atoms with Crippen LogP contribution in [0.25, 0.3) is 0 Å². The zero-order chi connectivity index (χ0) is 19.5. The number of carbonyl (C=O) groups is 2. The molecular weight excluding hydrogens is 338 g/mol. The van der Waals surface area contributed by atoms with Crippen molar-refractivity contribution < 1.29 is 14.3 Å². The number of esters is 1. The lowest BCUT2D eigenvalue weighted by Crippen LogP contribution is -2.42. The molecule has 2 rings (SSSR count). The van der Waals surface area contributed by atoms with Crippen molar-refractivity contribution in [1.29, 1.82) is 0 Å². The van der Waals surface area contributed by atoms with Crippen molar-refractivity contribution in [2.45, 2.75) is 83.6 Å². The maximum atomic E-state index is 13.0. The Hall–Kier alpha value is -1.84. The molecular formula is C23H35NO3. The van der Waals surface area contributed by atoms with Gasteiger partial charge in [-0.3, -0.25) is 9.59 Å². The van der Waals surface area contributed by atoms with E-state index in [-0.39, 0.29) is 24.3 Å². The van der Waals surface area contributed by atoms with Gasteiger partial charge in [0, 0.05) is 19.0 Å². The van der Waals surface area contributed by atoms with Gasteiger partial charge >= 0.3 is 5.97 Å². The molecule has 0 N–H and O–H groups in total. The van der Waals surface area contributed by atoms with Crippen molar-refractivity contribution in [1.82, 2.24) is 4.90 Å². The lowest BCUT2D eigenvalue weighted by molar-refractivity contribution is -0.142. The maximum Gasteiger partial charge on any atom is 0.307 e. The molecule has 4 heteroatoms. The first-order chi connectivity index (χ1) is 13.1. The lowest BCUT2D eigenvalue weighted by Gasteiger charge is -2.33. The first-order valence-corrected chi connectivity index (χ1v) is 10.5. The van der Waals surface area contributed by atoms with E-state index in [9.17, 15) is 9.59 Å². The number of hydrogen-bond donors (Lipinski definition) is 0. The van der Waals surface area contributed by atoms with E-state index in [0.717, 1.165) is 25.7 Å². The molecule has 0 radical (unpaired) electrons. The third kappa shape index (κ3) is 7.74. The summed E-state index contributed by atoms with van der Waals surface area (Å²) in [7, 11) is 1.41. The van der Waals surface area contributed by atoms with E-state index in [2.05, 4.69) is 31.2 Å². The number of hydrogen-bond acceptors (Lipinski definition) is 3. The summed E-state index contributed by atoms with van der Waals surface area (Å²) in [4.78, 5) is 26.6. The highest BCUT2D eigenvalue weighted by atomic mass is 16.5. The van der Waals surface area contributed by atoms with Crippen LogP contribution in [0.3, 0.4) is 0 Å². The first kappa shape index (κ1) is 21.5. The normalized spacial score (nSPS) is 15.6.